The average Bonchev–Trinajstić information content (AvgIpc) is 3.21. The summed E-state index contributed by atoms with van der Waals surface area (Å²) in [6.07, 6.45) is 0. The summed E-state index contributed by atoms with van der Waals surface area (Å²) in [6.45, 7) is 7.16. The van der Waals surface area contributed by atoms with Crippen molar-refractivity contribution in [2.45, 2.75) is 13.5 Å². The number of likely N-dealkylation sites (N-methyl/N-ethyl adjacent to an activating group) is 1. The largest absolute Gasteiger partial charge is 0.375 e. The van der Waals surface area contributed by atoms with Crippen molar-refractivity contribution in [2.24, 2.45) is 0 Å². The van der Waals surface area contributed by atoms with Gasteiger partial charge in [0.25, 0.3) is 0 Å². The number of fused-ring (bicyclic) bond motifs is 1. The molecule has 1 saturated heterocycles. The molecule has 1 aliphatic rings. The molecule has 4 rings (SSSR count). The zero-order valence-electron chi connectivity index (χ0n) is 15.7. The summed E-state index contributed by atoms with van der Waals surface area (Å²) in [5.41, 5.74) is 2.77. The molecule has 2 aromatic carbocycles. The van der Waals surface area contributed by atoms with Crippen molar-refractivity contribution in [3.05, 3.63) is 52.1 Å². The molecular formula is C19H22N6O3. The normalized spacial score (nSPS) is 15.1. The fraction of sp³-hybridized carbons (Fsp3) is 0.368. The third kappa shape index (κ3) is 3.48. The Hall–Kier alpha value is -3.20. The van der Waals surface area contributed by atoms with Crippen LogP contribution in [-0.2, 0) is 6.54 Å². The van der Waals surface area contributed by atoms with E-state index in [2.05, 4.69) is 32.4 Å². The lowest BCUT2D eigenvalue weighted by Crippen LogP contribution is -2.46. The van der Waals surface area contributed by atoms with E-state index in [1.165, 1.54) is 0 Å². The Bertz CT molecular complexity index is 966. The van der Waals surface area contributed by atoms with Crippen molar-refractivity contribution in [3.8, 4) is 0 Å². The number of hydrogen-bond acceptors (Lipinski definition) is 8. The molecule has 0 radical (unpaired) electrons. The SMILES string of the molecule is CCN1CCN(c2cc(NCc3ccccc3)c([N+](=O)[O-])c3nonc23)CC1. The maximum atomic E-state index is 11.8. The Balaban J connectivity index is 1.71. The van der Waals surface area contributed by atoms with Crippen molar-refractivity contribution in [1.29, 1.82) is 0 Å². The Kier molecular flexibility index (Phi) is 5.07. The van der Waals surface area contributed by atoms with E-state index in [0.717, 1.165) is 44.0 Å². The number of hydrogen-bond donors (Lipinski definition) is 1. The summed E-state index contributed by atoms with van der Waals surface area (Å²) in [7, 11) is 0. The second-order valence-electron chi connectivity index (χ2n) is 6.77. The summed E-state index contributed by atoms with van der Waals surface area (Å²) in [4.78, 5) is 15.9. The number of nitrogens with zero attached hydrogens (tertiary/aromatic N) is 5. The van der Waals surface area contributed by atoms with Crippen LogP contribution in [0.3, 0.4) is 0 Å². The maximum absolute atomic E-state index is 11.8. The number of nitrogens with one attached hydrogen (secondary N) is 1. The monoisotopic (exact) mass is 382 g/mol. The maximum Gasteiger partial charge on any atom is 0.323 e. The van der Waals surface area contributed by atoms with Gasteiger partial charge < -0.3 is 15.1 Å². The van der Waals surface area contributed by atoms with Gasteiger partial charge in [0.2, 0.25) is 5.52 Å². The van der Waals surface area contributed by atoms with Gasteiger partial charge in [-0.15, -0.1) is 0 Å². The highest BCUT2D eigenvalue weighted by Crippen LogP contribution is 2.38. The van der Waals surface area contributed by atoms with Gasteiger partial charge >= 0.3 is 5.69 Å². The second kappa shape index (κ2) is 7.81. The molecule has 0 atom stereocenters. The van der Waals surface area contributed by atoms with Crippen LogP contribution >= 0.6 is 0 Å². The molecule has 2 heterocycles. The first kappa shape index (κ1) is 18.2. The number of nitro benzene ring substituents is 1. The molecule has 0 aliphatic carbocycles. The molecular weight excluding hydrogens is 360 g/mol. The molecule has 1 N–H and O–H groups in total. The zero-order valence-corrected chi connectivity index (χ0v) is 15.7. The Labute approximate surface area is 162 Å². The molecule has 0 spiro atoms. The Morgan fingerprint density at radius 1 is 1.14 bits per heavy atom. The summed E-state index contributed by atoms with van der Waals surface area (Å²) < 4.78 is 4.88. The molecule has 0 unspecified atom stereocenters. The van der Waals surface area contributed by atoms with Gasteiger partial charge in [0.1, 0.15) is 5.69 Å². The standard InChI is InChI=1S/C19H22N6O3/c1-2-23-8-10-24(11-9-23)16-12-15(20-13-14-6-4-3-5-7-14)19(25(26)27)18-17(16)21-28-22-18/h3-7,12,20H,2,8-11,13H2,1H3. The third-order valence-corrected chi connectivity index (χ3v) is 5.16. The average molecular weight is 382 g/mol. The van der Waals surface area contributed by atoms with Gasteiger partial charge in [-0.1, -0.05) is 37.3 Å². The Morgan fingerprint density at radius 2 is 1.86 bits per heavy atom. The quantitative estimate of drug-likeness (QED) is 0.513. The van der Waals surface area contributed by atoms with Crippen molar-refractivity contribution in [1.82, 2.24) is 15.2 Å². The van der Waals surface area contributed by atoms with Gasteiger partial charge in [0.05, 0.1) is 10.6 Å². The molecule has 0 saturated carbocycles. The predicted octanol–water partition coefficient (Wildman–Crippen LogP) is 2.89. The van der Waals surface area contributed by atoms with Crippen molar-refractivity contribution in [3.63, 3.8) is 0 Å². The fourth-order valence-electron chi connectivity index (χ4n) is 3.57. The number of anilines is 2. The van der Waals surface area contributed by atoms with Crippen LogP contribution in [0.2, 0.25) is 0 Å². The van der Waals surface area contributed by atoms with Crippen LogP contribution in [0.25, 0.3) is 11.0 Å². The molecule has 9 nitrogen and oxygen atoms in total. The first-order valence-corrected chi connectivity index (χ1v) is 9.36. The summed E-state index contributed by atoms with van der Waals surface area (Å²) >= 11 is 0. The van der Waals surface area contributed by atoms with Gasteiger partial charge in [0.15, 0.2) is 5.52 Å². The fourth-order valence-corrected chi connectivity index (χ4v) is 3.57. The number of rotatable bonds is 6. The molecule has 28 heavy (non-hydrogen) atoms. The molecule has 146 valence electrons. The van der Waals surface area contributed by atoms with E-state index >= 15 is 0 Å². The minimum absolute atomic E-state index is 0.108. The summed E-state index contributed by atoms with van der Waals surface area (Å²) in [5, 5.41) is 22.8. The van der Waals surface area contributed by atoms with Crippen LogP contribution in [0.5, 0.6) is 0 Å². The minimum atomic E-state index is -0.432. The molecule has 9 heteroatoms. The molecule has 3 aromatic rings. The molecule has 0 bridgehead atoms. The third-order valence-electron chi connectivity index (χ3n) is 5.16. The lowest BCUT2D eigenvalue weighted by atomic mass is 10.1. The van der Waals surface area contributed by atoms with E-state index < -0.39 is 4.92 Å². The van der Waals surface area contributed by atoms with E-state index in [-0.39, 0.29) is 11.2 Å². The van der Waals surface area contributed by atoms with E-state index in [9.17, 15) is 10.1 Å². The summed E-state index contributed by atoms with van der Waals surface area (Å²) in [5.74, 6) is 0. The lowest BCUT2D eigenvalue weighted by Gasteiger charge is -2.35. The molecule has 1 fully saturated rings. The predicted molar refractivity (Wildman–Crippen MR) is 107 cm³/mol. The van der Waals surface area contributed by atoms with E-state index in [0.29, 0.717) is 17.7 Å². The smallest absolute Gasteiger partial charge is 0.323 e. The van der Waals surface area contributed by atoms with Crippen LogP contribution < -0.4 is 10.2 Å². The van der Waals surface area contributed by atoms with Crippen LogP contribution in [0.1, 0.15) is 12.5 Å². The number of aromatic nitrogens is 2. The minimum Gasteiger partial charge on any atom is -0.375 e. The van der Waals surface area contributed by atoms with E-state index in [4.69, 9.17) is 4.63 Å². The van der Waals surface area contributed by atoms with Gasteiger partial charge in [-0.05, 0) is 28.5 Å². The highest BCUT2D eigenvalue weighted by Gasteiger charge is 2.28. The van der Waals surface area contributed by atoms with Crippen LogP contribution in [0, 0.1) is 10.1 Å². The summed E-state index contributed by atoms with van der Waals surface area (Å²) in [6, 6.07) is 11.6. The van der Waals surface area contributed by atoms with Gasteiger partial charge in [0, 0.05) is 32.7 Å². The first-order valence-electron chi connectivity index (χ1n) is 9.36. The van der Waals surface area contributed by atoms with Gasteiger partial charge in [-0.2, -0.15) is 0 Å². The lowest BCUT2D eigenvalue weighted by molar-refractivity contribution is -0.382. The topological polar surface area (TPSA) is 101 Å². The van der Waals surface area contributed by atoms with Gasteiger partial charge in [-0.25, -0.2) is 4.63 Å². The molecule has 1 aliphatic heterocycles. The molecule has 1 aromatic heterocycles. The van der Waals surface area contributed by atoms with Crippen molar-refractivity contribution < 1.29 is 9.55 Å². The highest BCUT2D eigenvalue weighted by molar-refractivity contribution is 5.99. The second-order valence-corrected chi connectivity index (χ2v) is 6.77. The number of nitro groups is 1. The Morgan fingerprint density at radius 3 is 2.54 bits per heavy atom. The van der Waals surface area contributed by atoms with Crippen molar-refractivity contribution >= 4 is 28.1 Å². The van der Waals surface area contributed by atoms with Gasteiger partial charge in [-0.3, -0.25) is 10.1 Å². The van der Waals surface area contributed by atoms with Crippen LogP contribution in [-0.4, -0.2) is 52.9 Å². The van der Waals surface area contributed by atoms with Crippen molar-refractivity contribution in [2.75, 3.05) is 42.9 Å². The van der Waals surface area contributed by atoms with Crippen LogP contribution in [0.4, 0.5) is 17.1 Å². The van der Waals surface area contributed by atoms with Crippen LogP contribution in [0.15, 0.2) is 41.0 Å². The van der Waals surface area contributed by atoms with E-state index in [1.807, 2.05) is 30.3 Å². The number of benzene rings is 2. The number of piperazine rings is 1. The van der Waals surface area contributed by atoms with E-state index in [1.54, 1.807) is 6.07 Å². The zero-order chi connectivity index (χ0) is 19.5. The highest BCUT2D eigenvalue weighted by atomic mass is 16.6. The first-order chi connectivity index (χ1) is 13.7. The molecule has 0 amide bonds.